The SMILES string of the molecule is Cn1ccc(C(O)C2CCc3ccccc3C2)n1. The van der Waals surface area contributed by atoms with Gasteiger partial charge in [0.2, 0.25) is 0 Å². The highest BCUT2D eigenvalue weighted by Gasteiger charge is 2.27. The zero-order chi connectivity index (χ0) is 12.5. The molecule has 0 fully saturated rings. The van der Waals surface area contributed by atoms with Crippen LogP contribution in [0, 0.1) is 5.92 Å². The van der Waals surface area contributed by atoms with Crippen LogP contribution in [-0.4, -0.2) is 14.9 Å². The Morgan fingerprint density at radius 2 is 2.06 bits per heavy atom. The van der Waals surface area contributed by atoms with E-state index in [9.17, 15) is 5.11 Å². The van der Waals surface area contributed by atoms with Gasteiger partial charge in [0.15, 0.2) is 0 Å². The Bertz CT molecular complexity index is 547. The lowest BCUT2D eigenvalue weighted by atomic mass is 9.80. The van der Waals surface area contributed by atoms with Gasteiger partial charge in [0.05, 0.1) is 5.69 Å². The molecular weight excluding hydrogens is 224 g/mol. The molecular formula is C15H18N2O. The summed E-state index contributed by atoms with van der Waals surface area (Å²) in [6.45, 7) is 0. The minimum absolute atomic E-state index is 0.287. The molecule has 1 N–H and O–H groups in total. The van der Waals surface area contributed by atoms with Gasteiger partial charge in [-0.05, 0) is 42.4 Å². The number of aromatic nitrogens is 2. The van der Waals surface area contributed by atoms with E-state index < -0.39 is 6.10 Å². The second kappa shape index (κ2) is 4.58. The predicted molar refractivity (Wildman–Crippen MR) is 70.1 cm³/mol. The number of aliphatic hydroxyl groups is 1. The van der Waals surface area contributed by atoms with Crippen molar-refractivity contribution in [1.82, 2.24) is 9.78 Å². The Labute approximate surface area is 107 Å². The lowest BCUT2D eigenvalue weighted by Gasteiger charge is -2.27. The molecule has 1 heterocycles. The molecule has 0 spiro atoms. The summed E-state index contributed by atoms with van der Waals surface area (Å²) in [5.74, 6) is 0.287. The summed E-state index contributed by atoms with van der Waals surface area (Å²) in [4.78, 5) is 0. The molecule has 3 rings (SSSR count). The molecule has 0 radical (unpaired) electrons. The van der Waals surface area contributed by atoms with Crippen molar-refractivity contribution in [3.05, 3.63) is 53.3 Å². The second-order valence-corrected chi connectivity index (χ2v) is 5.13. The first-order valence-electron chi connectivity index (χ1n) is 6.48. The maximum absolute atomic E-state index is 10.4. The molecule has 1 aromatic heterocycles. The van der Waals surface area contributed by atoms with E-state index in [-0.39, 0.29) is 5.92 Å². The van der Waals surface area contributed by atoms with Gasteiger partial charge < -0.3 is 5.11 Å². The average Bonchev–Trinajstić information content (AvgIpc) is 2.84. The number of benzene rings is 1. The molecule has 0 amide bonds. The first-order chi connectivity index (χ1) is 8.74. The van der Waals surface area contributed by atoms with E-state index >= 15 is 0 Å². The van der Waals surface area contributed by atoms with Crippen LogP contribution in [0.1, 0.15) is 29.3 Å². The fourth-order valence-corrected chi connectivity index (χ4v) is 2.83. The average molecular weight is 242 g/mol. The minimum atomic E-state index is -0.445. The van der Waals surface area contributed by atoms with Crippen molar-refractivity contribution in [3.63, 3.8) is 0 Å². The van der Waals surface area contributed by atoms with Gasteiger partial charge in [-0.2, -0.15) is 5.10 Å². The fourth-order valence-electron chi connectivity index (χ4n) is 2.83. The number of nitrogens with zero attached hydrogens (tertiary/aromatic N) is 2. The topological polar surface area (TPSA) is 38.0 Å². The Kier molecular flexibility index (Phi) is 2.92. The van der Waals surface area contributed by atoms with Gasteiger partial charge >= 0.3 is 0 Å². The molecule has 2 atom stereocenters. The first kappa shape index (κ1) is 11.5. The second-order valence-electron chi connectivity index (χ2n) is 5.13. The van der Waals surface area contributed by atoms with E-state index in [1.807, 2.05) is 19.3 Å². The third kappa shape index (κ3) is 2.06. The molecule has 0 saturated carbocycles. The largest absolute Gasteiger partial charge is 0.386 e. The lowest BCUT2D eigenvalue weighted by molar-refractivity contribution is 0.0949. The van der Waals surface area contributed by atoms with Crippen molar-refractivity contribution in [1.29, 1.82) is 0 Å². The van der Waals surface area contributed by atoms with Crippen LogP contribution in [0.4, 0.5) is 0 Å². The first-order valence-corrected chi connectivity index (χ1v) is 6.48. The van der Waals surface area contributed by atoms with Crippen LogP contribution in [0.15, 0.2) is 36.5 Å². The van der Waals surface area contributed by atoms with Crippen LogP contribution in [0.2, 0.25) is 0 Å². The summed E-state index contributed by atoms with van der Waals surface area (Å²) < 4.78 is 1.75. The monoisotopic (exact) mass is 242 g/mol. The van der Waals surface area contributed by atoms with E-state index in [0.29, 0.717) is 0 Å². The third-order valence-corrected chi connectivity index (χ3v) is 3.87. The molecule has 0 bridgehead atoms. The maximum Gasteiger partial charge on any atom is 0.101 e. The van der Waals surface area contributed by atoms with E-state index in [1.165, 1.54) is 11.1 Å². The molecule has 3 heteroatoms. The van der Waals surface area contributed by atoms with Crippen molar-refractivity contribution in [3.8, 4) is 0 Å². The van der Waals surface area contributed by atoms with Gasteiger partial charge in [0.25, 0.3) is 0 Å². The van der Waals surface area contributed by atoms with Crippen LogP contribution < -0.4 is 0 Å². The third-order valence-electron chi connectivity index (χ3n) is 3.87. The van der Waals surface area contributed by atoms with Crippen LogP contribution in [0.25, 0.3) is 0 Å². The number of hydrogen-bond donors (Lipinski definition) is 1. The van der Waals surface area contributed by atoms with Crippen LogP contribution >= 0.6 is 0 Å². The molecule has 0 aliphatic heterocycles. The van der Waals surface area contributed by atoms with Crippen molar-refractivity contribution in [2.75, 3.05) is 0 Å². The molecule has 18 heavy (non-hydrogen) atoms. The number of fused-ring (bicyclic) bond motifs is 1. The Hall–Kier alpha value is -1.61. The van der Waals surface area contributed by atoms with E-state index in [1.54, 1.807) is 4.68 Å². The molecule has 94 valence electrons. The molecule has 1 aliphatic rings. The van der Waals surface area contributed by atoms with E-state index in [4.69, 9.17) is 0 Å². The zero-order valence-corrected chi connectivity index (χ0v) is 10.6. The van der Waals surface area contributed by atoms with Crippen molar-refractivity contribution >= 4 is 0 Å². The van der Waals surface area contributed by atoms with Gasteiger partial charge in [0, 0.05) is 13.2 Å². The maximum atomic E-state index is 10.4. The Morgan fingerprint density at radius 1 is 1.28 bits per heavy atom. The summed E-state index contributed by atoms with van der Waals surface area (Å²) in [6, 6.07) is 10.4. The quantitative estimate of drug-likeness (QED) is 0.877. The van der Waals surface area contributed by atoms with Gasteiger partial charge in [-0.3, -0.25) is 4.68 Å². The lowest BCUT2D eigenvalue weighted by Crippen LogP contribution is -2.21. The van der Waals surface area contributed by atoms with Gasteiger partial charge in [0.1, 0.15) is 6.10 Å². The number of aryl methyl sites for hydroxylation is 2. The predicted octanol–water partition coefficient (Wildman–Crippen LogP) is 2.26. The standard InChI is InChI=1S/C15H18N2O/c1-17-9-8-14(16-17)15(18)13-7-6-11-4-2-3-5-12(11)10-13/h2-5,8-9,13,15,18H,6-7,10H2,1H3. The summed E-state index contributed by atoms with van der Waals surface area (Å²) >= 11 is 0. The molecule has 0 saturated heterocycles. The van der Waals surface area contributed by atoms with Crippen LogP contribution in [-0.2, 0) is 19.9 Å². The minimum Gasteiger partial charge on any atom is -0.386 e. The normalized spacial score (nSPS) is 20.4. The fraction of sp³-hybridized carbons (Fsp3) is 0.400. The molecule has 2 unspecified atom stereocenters. The number of rotatable bonds is 2. The van der Waals surface area contributed by atoms with Crippen molar-refractivity contribution < 1.29 is 5.11 Å². The van der Waals surface area contributed by atoms with Crippen LogP contribution in [0.5, 0.6) is 0 Å². The van der Waals surface area contributed by atoms with Gasteiger partial charge in [-0.15, -0.1) is 0 Å². The Balaban J connectivity index is 1.79. The van der Waals surface area contributed by atoms with Gasteiger partial charge in [-0.25, -0.2) is 0 Å². The summed E-state index contributed by atoms with van der Waals surface area (Å²) in [7, 11) is 1.88. The molecule has 1 aromatic carbocycles. The molecule has 2 aromatic rings. The van der Waals surface area contributed by atoms with E-state index in [0.717, 1.165) is 25.0 Å². The van der Waals surface area contributed by atoms with Gasteiger partial charge in [-0.1, -0.05) is 24.3 Å². The number of aliphatic hydroxyl groups excluding tert-OH is 1. The summed E-state index contributed by atoms with van der Waals surface area (Å²) in [5.41, 5.74) is 3.60. The van der Waals surface area contributed by atoms with Crippen molar-refractivity contribution in [2.24, 2.45) is 13.0 Å². The number of hydrogen-bond acceptors (Lipinski definition) is 2. The Morgan fingerprint density at radius 3 is 2.78 bits per heavy atom. The molecule has 1 aliphatic carbocycles. The molecule has 3 nitrogen and oxygen atoms in total. The van der Waals surface area contributed by atoms with Crippen molar-refractivity contribution in [2.45, 2.75) is 25.4 Å². The summed E-state index contributed by atoms with van der Waals surface area (Å²) in [5, 5.41) is 14.7. The zero-order valence-electron chi connectivity index (χ0n) is 10.6. The van der Waals surface area contributed by atoms with E-state index in [2.05, 4.69) is 29.4 Å². The highest BCUT2D eigenvalue weighted by molar-refractivity contribution is 5.30. The summed E-state index contributed by atoms with van der Waals surface area (Å²) in [6.07, 6.45) is 4.49. The highest BCUT2D eigenvalue weighted by Crippen LogP contribution is 2.33. The van der Waals surface area contributed by atoms with Crippen LogP contribution in [0.3, 0.4) is 0 Å². The highest BCUT2D eigenvalue weighted by atomic mass is 16.3. The smallest absolute Gasteiger partial charge is 0.101 e.